The Morgan fingerprint density at radius 3 is 2.09 bits per heavy atom. The smallest absolute Gasteiger partial charge is 0.417 e. The van der Waals surface area contributed by atoms with E-state index in [4.69, 9.17) is 0 Å². The van der Waals surface area contributed by atoms with Crippen LogP contribution in [0.25, 0.3) is 0 Å². The van der Waals surface area contributed by atoms with Crippen LogP contribution in [0.4, 0.5) is 26.3 Å². The van der Waals surface area contributed by atoms with Crippen LogP contribution >= 0.6 is 0 Å². The van der Waals surface area contributed by atoms with Crippen molar-refractivity contribution in [2.24, 2.45) is 0 Å². The molecule has 0 atom stereocenters. The second-order valence-corrected chi connectivity index (χ2v) is 4.61. The molecule has 1 aromatic carbocycles. The summed E-state index contributed by atoms with van der Waals surface area (Å²) in [5.41, 5.74) is -3.98. The molecule has 0 N–H and O–H groups in total. The van der Waals surface area contributed by atoms with E-state index in [9.17, 15) is 35.9 Å². The molecule has 0 heterocycles. The summed E-state index contributed by atoms with van der Waals surface area (Å²) in [5.74, 6) is -1.63. The summed E-state index contributed by atoms with van der Waals surface area (Å²) in [6.07, 6.45) is -10.7. The van der Waals surface area contributed by atoms with Gasteiger partial charge < -0.3 is 4.74 Å². The van der Waals surface area contributed by atoms with Gasteiger partial charge in [0.25, 0.3) is 0 Å². The van der Waals surface area contributed by atoms with Crippen LogP contribution in [0.1, 0.15) is 40.7 Å². The zero-order chi connectivity index (χ0) is 17.8. The van der Waals surface area contributed by atoms with E-state index in [-0.39, 0.29) is 18.9 Å². The second-order valence-electron chi connectivity index (χ2n) is 4.61. The summed E-state index contributed by atoms with van der Waals surface area (Å²) >= 11 is 0. The highest BCUT2D eigenvalue weighted by atomic mass is 19.4. The molecule has 3 nitrogen and oxygen atoms in total. The molecular formula is C14H12F6O3. The molecule has 128 valence electrons. The van der Waals surface area contributed by atoms with Gasteiger partial charge in [-0.05, 0) is 18.6 Å². The zero-order valence-electron chi connectivity index (χ0n) is 11.8. The predicted molar refractivity (Wildman–Crippen MR) is 66.6 cm³/mol. The monoisotopic (exact) mass is 342 g/mol. The molecule has 0 aliphatic rings. The molecule has 9 heteroatoms. The Balaban J connectivity index is 3.06. The lowest BCUT2D eigenvalue weighted by molar-refractivity contribution is -0.143. The van der Waals surface area contributed by atoms with E-state index in [0.29, 0.717) is 12.1 Å². The summed E-state index contributed by atoms with van der Waals surface area (Å²) in [7, 11) is 1.11. The summed E-state index contributed by atoms with van der Waals surface area (Å²) in [6, 6.07) is 0.836. The van der Waals surface area contributed by atoms with Gasteiger partial charge in [0.15, 0.2) is 5.78 Å². The highest BCUT2D eigenvalue weighted by Crippen LogP contribution is 2.37. The van der Waals surface area contributed by atoms with E-state index in [1.54, 1.807) is 0 Å². The minimum absolute atomic E-state index is 0.0656. The number of methoxy groups -OCH3 is 1. The highest BCUT2D eigenvalue weighted by molar-refractivity contribution is 5.97. The molecule has 0 fully saturated rings. The molecule has 0 unspecified atom stereocenters. The molecule has 0 bridgehead atoms. The Labute approximate surface area is 127 Å². The van der Waals surface area contributed by atoms with Crippen molar-refractivity contribution in [1.82, 2.24) is 0 Å². The Bertz CT molecular complexity index is 589. The minimum atomic E-state index is -5.10. The number of carbonyl (C=O) groups excluding carboxylic acids is 2. The summed E-state index contributed by atoms with van der Waals surface area (Å²) < 4.78 is 80.5. The first-order chi connectivity index (χ1) is 10.5. The fourth-order valence-corrected chi connectivity index (χ4v) is 1.83. The van der Waals surface area contributed by atoms with E-state index in [0.717, 1.165) is 7.11 Å². The van der Waals surface area contributed by atoms with Crippen LogP contribution in [0.15, 0.2) is 18.2 Å². The maximum absolute atomic E-state index is 12.9. The minimum Gasteiger partial charge on any atom is -0.469 e. The van der Waals surface area contributed by atoms with Crippen LogP contribution in [-0.4, -0.2) is 18.9 Å². The second kappa shape index (κ2) is 7.01. The van der Waals surface area contributed by atoms with Gasteiger partial charge in [0.05, 0.1) is 18.2 Å². The maximum atomic E-state index is 12.9. The van der Waals surface area contributed by atoms with Crippen molar-refractivity contribution in [3.63, 3.8) is 0 Å². The third-order valence-corrected chi connectivity index (χ3v) is 2.97. The average Bonchev–Trinajstić information content (AvgIpc) is 2.44. The summed E-state index contributed by atoms with van der Waals surface area (Å²) in [4.78, 5) is 22.7. The topological polar surface area (TPSA) is 43.4 Å². The Hall–Kier alpha value is -2.06. The van der Waals surface area contributed by atoms with Crippen LogP contribution in [0.5, 0.6) is 0 Å². The van der Waals surface area contributed by atoms with E-state index >= 15 is 0 Å². The van der Waals surface area contributed by atoms with Crippen molar-refractivity contribution in [1.29, 1.82) is 0 Å². The van der Waals surface area contributed by atoms with Crippen molar-refractivity contribution in [3.8, 4) is 0 Å². The van der Waals surface area contributed by atoms with Gasteiger partial charge in [-0.25, -0.2) is 0 Å². The average molecular weight is 342 g/mol. The first-order valence-electron chi connectivity index (χ1n) is 6.35. The van der Waals surface area contributed by atoms with Gasteiger partial charge in [-0.2, -0.15) is 26.3 Å². The number of ketones is 1. The van der Waals surface area contributed by atoms with Crippen molar-refractivity contribution in [2.75, 3.05) is 7.11 Å². The lowest BCUT2D eigenvalue weighted by Gasteiger charge is -2.15. The van der Waals surface area contributed by atoms with Gasteiger partial charge in [-0.1, -0.05) is 6.07 Å². The van der Waals surface area contributed by atoms with Gasteiger partial charge in [0.1, 0.15) is 0 Å². The fraction of sp³-hybridized carbons (Fsp3) is 0.429. The Morgan fingerprint density at radius 2 is 1.61 bits per heavy atom. The molecule has 0 spiro atoms. The standard InChI is InChI=1S/C14H12F6O3/c1-23-12(22)4-2-3-11(21)9-6-5-8(13(15,16)17)7-10(9)14(18,19)20/h5-7H,2-4H2,1H3. The maximum Gasteiger partial charge on any atom is 0.417 e. The molecule has 1 aromatic rings. The number of ether oxygens (including phenoxy) is 1. The van der Waals surface area contributed by atoms with E-state index in [1.165, 1.54) is 0 Å². The fourth-order valence-electron chi connectivity index (χ4n) is 1.83. The van der Waals surface area contributed by atoms with Crippen molar-refractivity contribution >= 4 is 11.8 Å². The van der Waals surface area contributed by atoms with Crippen molar-refractivity contribution in [2.45, 2.75) is 31.6 Å². The highest BCUT2D eigenvalue weighted by Gasteiger charge is 2.39. The van der Waals surface area contributed by atoms with E-state index in [2.05, 4.69) is 4.74 Å². The number of alkyl halides is 6. The molecule has 0 aromatic heterocycles. The molecule has 1 rings (SSSR count). The number of halogens is 6. The molecule has 0 aliphatic carbocycles. The largest absolute Gasteiger partial charge is 0.469 e. The van der Waals surface area contributed by atoms with Gasteiger partial charge in [-0.15, -0.1) is 0 Å². The lowest BCUT2D eigenvalue weighted by atomic mass is 9.97. The van der Waals surface area contributed by atoms with Crippen LogP contribution in [0.2, 0.25) is 0 Å². The predicted octanol–water partition coefficient (Wildman–Crippen LogP) is 4.25. The number of carbonyl (C=O) groups is 2. The molecule has 0 aliphatic heterocycles. The van der Waals surface area contributed by atoms with Crippen LogP contribution in [0, 0.1) is 0 Å². The molecular weight excluding hydrogens is 330 g/mol. The number of hydrogen-bond acceptors (Lipinski definition) is 3. The normalized spacial score (nSPS) is 12.1. The third-order valence-electron chi connectivity index (χ3n) is 2.97. The number of Topliss-reactive ketones (excluding diaryl/α,β-unsaturated/α-hetero) is 1. The van der Waals surface area contributed by atoms with Crippen molar-refractivity contribution in [3.05, 3.63) is 34.9 Å². The SMILES string of the molecule is COC(=O)CCCC(=O)c1ccc(C(F)(F)F)cc1C(F)(F)F. The zero-order valence-corrected chi connectivity index (χ0v) is 11.8. The molecule has 23 heavy (non-hydrogen) atoms. The van der Waals surface area contributed by atoms with Crippen LogP contribution in [-0.2, 0) is 21.9 Å². The quantitative estimate of drug-likeness (QED) is 0.456. The Kier molecular flexibility index (Phi) is 5.79. The van der Waals surface area contributed by atoms with Crippen LogP contribution < -0.4 is 0 Å². The van der Waals surface area contributed by atoms with Crippen molar-refractivity contribution < 1.29 is 40.7 Å². The first kappa shape index (κ1) is 19.0. The van der Waals surface area contributed by atoms with E-state index in [1.807, 2.05) is 0 Å². The molecule has 0 saturated carbocycles. The van der Waals surface area contributed by atoms with Gasteiger partial charge in [-0.3, -0.25) is 9.59 Å². The van der Waals surface area contributed by atoms with E-state index < -0.39 is 47.2 Å². The third kappa shape index (κ3) is 5.26. The van der Waals surface area contributed by atoms with Crippen LogP contribution in [0.3, 0.4) is 0 Å². The molecule has 0 radical (unpaired) electrons. The van der Waals surface area contributed by atoms with Gasteiger partial charge >= 0.3 is 18.3 Å². The molecule has 0 saturated heterocycles. The van der Waals surface area contributed by atoms with Gasteiger partial charge in [0.2, 0.25) is 0 Å². The Morgan fingerprint density at radius 1 is 1.00 bits per heavy atom. The first-order valence-corrected chi connectivity index (χ1v) is 6.35. The summed E-state index contributed by atoms with van der Waals surface area (Å²) in [6.45, 7) is 0. The van der Waals surface area contributed by atoms with Gasteiger partial charge in [0, 0.05) is 18.4 Å². The number of esters is 1. The number of rotatable bonds is 5. The number of hydrogen-bond donors (Lipinski definition) is 0. The summed E-state index contributed by atoms with van der Waals surface area (Å²) in [5, 5.41) is 0. The molecule has 0 amide bonds. The number of benzene rings is 1. The lowest BCUT2D eigenvalue weighted by Crippen LogP contribution is -2.16.